The number of likely N-dealkylation sites (N-methyl/N-ethyl adjacent to an activating group) is 1. The van der Waals surface area contributed by atoms with Crippen LogP contribution in [0.1, 0.15) is 18.0 Å². The van der Waals surface area contributed by atoms with Crippen molar-refractivity contribution >= 4 is 5.69 Å². The molecule has 2 aromatic carbocycles. The van der Waals surface area contributed by atoms with Gasteiger partial charge in [-0.15, -0.1) is 0 Å². The average molecular weight is 344 g/mol. The summed E-state index contributed by atoms with van der Waals surface area (Å²) in [6.07, 6.45) is 0.697. The van der Waals surface area contributed by atoms with Crippen molar-refractivity contribution in [1.29, 1.82) is 0 Å². The summed E-state index contributed by atoms with van der Waals surface area (Å²) in [5.74, 6) is 0.613. The maximum absolute atomic E-state index is 13.9. The van der Waals surface area contributed by atoms with Crippen molar-refractivity contribution in [2.45, 2.75) is 18.5 Å². The Kier molecular flexibility index (Phi) is 5.56. The minimum Gasteiger partial charge on any atom is -0.495 e. The molecule has 4 nitrogen and oxygen atoms in total. The fourth-order valence-corrected chi connectivity index (χ4v) is 3.85. The van der Waals surface area contributed by atoms with Crippen molar-refractivity contribution in [3.8, 4) is 5.75 Å². The molecule has 0 aliphatic carbocycles. The van der Waals surface area contributed by atoms with E-state index < -0.39 is 0 Å². The second kappa shape index (κ2) is 7.85. The Bertz CT molecular complexity index is 695. The van der Waals surface area contributed by atoms with E-state index in [0.29, 0.717) is 12.2 Å². The Morgan fingerprint density at radius 3 is 2.68 bits per heavy atom. The first-order chi connectivity index (χ1) is 12.2. The molecule has 1 aliphatic rings. The number of hydrogen-bond acceptors (Lipinski definition) is 4. The highest BCUT2D eigenvalue weighted by Crippen LogP contribution is 2.38. The SMILES string of the molecule is COc1ccc(F)cc1N(C)C1C(CCO)CNC1c1ccccc1. The molecule has 1 saturated heterocycles. The van der Waals surface area contributed by atoms with Crippen LogP contribution in [0.25, 0.3) is 0 Å². The minimum atomic E-state index is -0.288. The molecule has 0 radical (unpaired) electrons. The predicted octanol–water partition coefficient (Wildman–Crippen LogP) is 2.98. The summed E-state index contributed by atoms with van der Waals surface area (Å²) < 4.78 is 19.3. The number of nitrogens with one attached hydrogen (secondary N) is 1. The number of nitrogens with zero attached hydrogens (tertiary/aromatic N) is 1. The van der Waals surface area contributed by atoms with Crippen LogP contribution in [-0.2, 0) is 0 Å². The highest BCUT2D eigenvalue weighted by molar-refractivity contribution is 5.59. The number of methoxy groups -OCH3 is 1. The van der Waals surface area contributed by atoms with Crippen molar-refractivity contribution in [1.82, 2.24) is 5.32 Å². The van der Waals surface area contributed by atoms with E-state index in [4.69, 9.17) is 4.74 Å². The van der Waals surface area contributed by atoms with Crippen molar-refractivity contribution < 1.29 is 14.2 Å². The summed E-state index contributed by atoms with van der Waals surface area (Å²) in [4.78, 5) is 2.08. The normalized spacial score (nSPS) is 22.8. The maximum Gasteiger partial charge on any atom is 0.142 e. The Balaban J connectivity index is 1.98. The fourth-order valence-electron chi connectivity index (χ4n) is 3.85. The standard InChI is InChI=1S/C20H25FN2O2/c1-23(17-12-16(21)8-9-18(17)25-2)20-15(10-11-24)13-22-19(20)14-6-4-3-5-7-14/h3-9,12,15,19-20,22,24H,10-11,13H2,1-2H3. The molecule has 2 N–H and O–H groups in total. The van der Waals surface area contributed by atoms with Crippen molar-refractivity contribution in [3.05, 3.63) is 59.9 Å². The van der Waals surface area contributed by atoms with E-state index >= 15 is 0 Å². The molecule has 25 heavy (non-hydrogen) atoms. The first-order valence-electron chi connectivity index (χ1n) is 8.61. The van der Waals surface area contributed by atoms with Gasteiger partial charge in [-0.05, 0) is 30.0 Å². The average Bonchev–Trinajstić information content (AvgIpc) is 3.06. The van der Waals surface area contributed by atoms with Crippen LogP contribution >= 0.6 is 0 Å². The lowest BCUT2D eigenvalue weighted by atomic mass is 9.90. The topological polar surface area (TPSA) is 44.7 Å². The first-order valence-corrected chi connectivity index (χ1v) is 8.61. The van der Waals surface area contributed by atoms with Crippen molar-refractivity contribution in [2.75, 3.05) is 32.2 Å². The van der Waals surface area contributed by atoms with Gasteiger partial charge < -0.3 is 20.1 Å². The summed E-state index contributed by atoms with van der Waals surface area (Å²) in [5.41, 5.74) is 1.91. The Hall–Kier alpha value is -2.11. The lowest BCUT2D eigenvalue weighted by Gasteiger charge is -2.35. The van der Waals surface area contributed by atoms with Gasteiger partial charge in [0.2, 0.25) is 0 Å². The van der Waals surface area contributed by atoms with Gasteiger partial charge in [0.1, 0.15) is 11.6 Å². The molecular weight excluding hydrogens is 319 g/mol. The summed E-state index contributed by atoms with van der Waals surface area (Å²) in [7, 11) is 3.56. The van der Waals surface area contributed by atoms with Gasteiger partial charge in [0.05, 0.1) is 24.9 Å². The Morgan fingerprint density at radius 2 is 2.00 bits per heavy atom. The van der Waals surface area contributed by atoms with E-state index in [1.54, 1.807) is 13.2 Å². The third kappa shape index (κ3) is 3.62. The van der Waals surface area contributed by atoms with Crippen molar-refractivity contribution in [3.63, 3.8) is 0 Å². The summed E-state index contributed by atoms with van der Waals surface area (Å²) in [5, 5.41) is 13.0. The number of rotatable bonds is 6. The second-order valence-corrected chi connectivity index (χ2v) is 6.49. The molecule has 0 saturated carbocycles. The molecule has 134 valence electrons. The van der Waals surface area contributed by atoms with E-state index in [1.165, 1.54) is 17.7 Å². The molecule has 1 fully saturated rings. The molecule has 3 unspecified atom stereocenters. The smallest absolute Gasteiger partial charge is 0.142 e. The molecule has 0 amide bonds. The Morgan fingerprint density at radius 1 is 1.24 bits per heavy atom. The molecule has 1 heterocycles. The Labute approximate surface area is 148 Å². The largest absolute Gasteiger partial charge is 0.495 e. The zero-order chi connectivity index (χ0) is 17.8. The molecule has 0 bridgehead atoms. The minimum absolute atomic E-state index is 0.0882. The molecule has 2 aromatic rings. The number of benzene rings is 2. The number of hydrogen-bond donors (Lipinski definition) is 2. The van der Waals surface area contributed by atoms with Crippen LogP contribution in [0.4, 0.5) is 10.1 Å². The molecule has 1 aliphatic heterocycles. The molecule has 3 rings (SSSR count). The van der Waals surface area contributed by atoms with E-state index in [1.807, 2.05) is 25.2 Å². The van der Waals surface area contributed by atoms with Crippen LogP contribution in [0.5, 0.6) is 5.75 Å². The number of aliphatic hydroxyl groups excluding tert-OH is 1. The van der Waals surface area contributed by atoms with Crippen LogP contribution in [0, 0.1) is 11.7 Å². The van der Waals surface area contributed by atoms with Gasteiger partial charge in [0.15, 0.2) is 0 Å². The van der Waals surface area contributed by atoms with E-state index in [9.17, 15) is 9.50 Å². The van der Waals surface area contributed by atoms with Gasteiger partial charge in [-0.25, -0.2) is 4.39 Å². The van der Waals surface area contributed by atoms with E-state index in [2.05, 4.69) is 22.3 Å². The van der Waals surface area contributed by atoms with Gasteiger partial charge in [0.25, 0.3) is 0 Å². The third-order valence-electron chi connectivity index (χ3n) is 5.05. The highest BCUT2D eigenvalue weighted by Gasteiger charge is 2.39. The highest BCUT2D eigenvalue weighted by atomic mass is 19.1. The number of aliphatic hydroxyl groups is 1. The lowest BCUT2D eigenvalue weighted by Crippen LogP contribution is -2.40. The molecule has 3 atom stereocenters. The van der Waals surface area contributed by atoms with Gasteiger partial charge >= 0.3 is 0 Å². The van der Waals surface area contributed by atoms with Crippen LogP contribution in [0.2, 0.25) is 0 Å². The van der Waals surface area contributed by atoms with Crippen LogP contribution < -0.4 is 15.0 Å². The summed E-state index contributed by atoms with van der Waals surface area (Å²) in [6, 6.07) is 15.0. The lowest BCUT2D eigenvalue weighted by molar-refractivity contribution is 0.252. The molecule has 0 aromatic heterocycles. The third-order valence-corrected chi connectivity index (χ3v) is 5.05. The zero-order valence-corrected chi connectivity index (χ0v) is 14.7. The monoisotopic (exact) mass is 344 g/mol. The molecular formula is C20H25FN2O2. The maximum atomic E-state index is 13.9. The molecule has 5 heteroatoms. The zero-order valence-electron chi connectivity index (χ0n) is 14.7. The van der Waals surface area contributed by atoms with Gasteiger partial charge in [-0.3, -0.25) is 0 Å². The van der Waals surface area contributed by atoms with E-state index in [0.717, 1.165) is 12.2 Å². The quantitative estimate of drug-likeness (QED) is 0.846. The van der Waals surface area contributed by atoms with Gasteiger partial charge in [0, 0.05) is 26.3 Å². The van der Waals surface area contributed by atoms with Gasteiger partial charge in [-0.1, -0.05) is 30.3 Å². The summed E-state index contributed by atoms with van der Waals surface area (Å²) in [6.45, 7) is 0.950. The number of ether oxygens (including phenoxy) is 1. The van der Waals surface area contributed by atoms with Gasteiger partial charge in [-0.2, -0.15) is 0 Å². The number of anilines is 1. The molecule has 0 spiro atoms. The first kappa shape index (κ1) is 17.7. The van der Waals surface area contributed by atoms with Crippen LogP contribution in [0.3, 0.4) is 0 Å². The fraction of sp³-hybridized carbons (Fsp3) is 0.400. The number of halogens is 1. The van der Waals surface area contributed by atoms with Crippen molar-refractivity contribution in [2.24, 2.45) is 5.92 Å². The van der Waals surface area contributed by atoms with E-state index in [-0.39, 0.29) is 30.4 Å². The second-order valence-electron chi connectivity index (χ2n) is 6.49. The predicted molar refractivity (Wildman–Crippen MR) is 97.5 cm³/mol. The van der Waals surface area contributed by atoms with Crippen LogP contribution in [0.15, 0.2) is 48.5 Å². The van der Waals surface area contributed by atoms with Crippen LogP contribution in [-0.4, -0.2) is 38.5 Å². The summed E-state index contributed by atoms with van der Waals surface area (Å²) >= 11 is 0.